The number of ether oxygens (including phenoxy) is 1. The third kappa shape index (κ3) is 2.83. The van der Waals surface area contributed by atoms with E-state index < -0.39 is 0 Å². The molecule has 0 radical (unpaired) electrons. The summed E-state index contributed by atoms with van der Waals surface area (Å²) in [6.07, 6.45) is 0.0941. The van der Waals surface area contributed by atoms with Crippen molar-refractivity contribution < 1.29 is 4.74 Å². The Labute approximate surface area is 116 Å². The summed E-state index contributed by atoms with van der Waals surface area (Å²) >= 11 is 0. The van der Waals surface area contributed by atoms with Gasteiger partial charge >= 0.3 is 0 Å². The lowest BCUT2D eigenvalue weighted by Crippen LogP contribution is -2.50. The monoisotopic (exact) mass is 262 g/mol. The second kappa shape index (κ2) is 6.04. The molecule has 0 amide bonds. The van der Waals surface area contributed by atoms with Gasteiger partial charge in [-0.25, -0.2) is 0 Å². The Hall–Kier alpha value is -0.900. The normalized spacial score (nSPS) is 24.9. The second-order valence-corrected chi connectivity index (χ2v) is 5.71. The van der Waals surface area contributed by atoms with Gasteiger partial charge in [0.25, 0.3) is 0 Å². The fraction of sp³-hybridized carbons (Fsp3) is 0.625. The highest BCUT2D eigenvalue weighted by atomic mass is 16.5. The maximum absolute atomic E-state index is 5.93. The number of nitrogens with zero attached hydrogens (tertiary/aromatic N) is 1. The van der Waals surface area contributed by atoms with Crippen molar-refractivity contribution in [2.24, 2.45) is 5.73 Å². The average molecular weight is 262 g/mol. The van der Waals surface area contributed by atoms with E-state index in [9.17, 15) is 0 Å². The minimum Gasteiger partial charge on any atom is -0.374 e. The van der Waals surface area contributed by atoms with Crippen LogP contribution >= 0.6 is 0 Å². The summed E-state index contributed by atoms with van der Waals surface area (Å²) in [5.74, 6) is 0. The molecule has 0 aliphatic carbocycles. The maximum Gasteiger partial charge on any atom is 0.0894 e. The smallest absolute Gasteiger partial charge is 0.0894 e. The van der Waals surface area contributed by atoms with Crippen LogP contribution in [0.1, 0.15) is 36.6 Å². The van der Waals surface area contributed by atoms with Crippen molar-refractivity contribution in [3.63, 3.8) is 0 Å². The summed E-state index contributed by atoms with van der Waals surface area (Å²) in [5, 5.41) is 0. The lowest BCUT2D eigenvalue weighted by atomic mass is 9.91. The Bertz CT molecular complexity index is 431. The summed E-state index contributed by atoms with van der Waals surface area (Å²) in [7, 11) is 0. The van der Waals surface area contributed by atoms with Crippen molar-refractivity contribution in [3.8, 4) is 0 Å². The molecule has 1 fully saturated rings. The summed E-state index contributed by atoms with van der Waals surface area (Å²) in [6, 6.07) is 7.30. The molecule has 2 unspecified atom stereocenters. The Balaban J connectivity index is 2.42. The molecule has 2 atom stereocenters. The molecule has 1 aromatic rings. The molecule has 1 aliphatic heterocycles. The van der Waals surface area contributed by atoms with E-state index in [0.717, 1.165) is 13.2 Å². The zero-order valence-corrected chi connectivity index (χ0v) is 12.5. The largest absolute Gasteiger partial charge is 0.374 e. The molecular weight excluding hydrogens is 236 g/mol. The minimum absolute atomic E-state index is 0.0941. The fourth-order valence-electron chi connectivity index (χ4n) is 3.00. The van der Waals surface area contributed by atoms with Crippen LogP contribution in [0.5, 0.6) is 0 Å². The molecule has 0 aromatic heterocycles. The third-order valence-electron chi connectivity index (χ3n) is 4.25. The number of hydrogen-bond donors (Lipinski definition) is 1. The van der Waals surface area contributed by atoms with Crippen molar-refractivity contribution in [1.82, 2.24) is 4.90 Å². The molecule has 0 bridgehead atoms. The van der Waals surface area contributed by atoms with Gasteiger partial charge in [0.1, 0.15) is 0 Å². The van der Waals surface area contributed by atoms with E-state index in [0.29, 0.717) is 12.6 Å². The predicted octanol–water partition coefficient (Wildman–Crippen LogP) is 2.41. The van der Waals surface area contributed by atoms with E-state index in [-0.39, 0.29) is 12.1 Å². The van der Waals surface area contributed by atoms with E-state index in [1.165, 1.54) is 16.7 Å². The molecular formula is C16H26N2O. The quantitative estimate of drug-likeness (QED) is 0.909. The van der Waals surface area contributed by atoms with Crippen LogP contribution < -0.4 is 5.73 Å². The van der Waals surface area contributed by atoms with Gasteiger partial charge in [-0.15, -0.1) is 0 Å². The number of rotatable bonds is 3. The number of nitrogens with two attached hydrogens (primary N) is 1. The molecule has 0 saturated carbocycles. The van der Waals surface area contributed by atoms with Crippen LogP contribution in [0, 0.1) is 13.8 Å². The molecule has 1 heterocycles. The number of aryl methyl sites for hydroxylation is 1. The van der Waals surface area contributed by atoms with Crippen LogP contribution in [-0.2, 0) is 4.74 Å². The highest BCUT2D eigenvalue weighted by molar-refractivity contribution is 5.36. The zero-order valence-electron chi connectivity index (χ0n) is 12.5. The summed E-state index contributed by atoms with van der Waals surface area (Å²) < 4.78 is 5.90. The van der Waals surface area contributed by atoms with Gasteiger partial charge in [-0.3, -0.25) is 4.90 Å². The number of morpholine rings is 1. The van der Waals surface area contributed by atoms with Crippen molar-refractivity contribution in [3.05, 3.63) is 34.9 Å². The van der Waals surface area contributed by atoms with E-state index >= 15 is 0 Å². The molecule has 1 saturated heterocycles. The summed E-state index contributed by atoms with van der Waals surface area (Å²) in [6.45, 7) is 11.2. The standard InChI is InChI=1S/C16H26N2O/c1-11(2)18-8-9-19-15(10-17)16(18)14-7-5-6-12(3)13(14)4/h5-7,11,15-16H,8-10,17H2,1-4H3. The summed E-state index contributed by atoms with van der Waals surface area (Å²) in [5.41, 5.74) is 9.99. The highest BCUT2D eigenvalue weighted by Gasteiger charge is 2.34. The van der Waals surface area contributed by atoms with E-state index in [1.54, 1.807) is 0 Å². The van der Waals surface area contributed by atoms with Crippen LogP contribution in [0.2, 0.25) is 0 Å². The Kier molecular flexibility index (Phi) is 4.61. The molecule has 3 nitrogen and oxygen atoms in total. The van der Waals surface area contributed by atoms with Crippen LogP contribution in [-0.4, -0.2) is 36.7 Å². The molecule has 2 N–H and O–H groups in total. The van der Waals surface area contributed by atoms with Crippen molar-refractivity contribution in [1.29, 1.82) is 0 Å². The lowest BCUT2D eigenvalue weighted by Gasteiger charge is -2.44. The van der Waals surface area contributed by atoms with Crippen LogP contribution in [0.25, 0.3) is 0 Å². The van der Waals surface area contributed by atoms with Crippen LogP contribution in [0.4, 0.5) is 0 Å². The Morgan fingerprint density at radius 1 is 1.37 bits per heavy atom. The number of benzene rings is 1. The van der Waals surface area contributed by atoms with Crippen molar-refractivity contribution in [2.45, 2.75) is 45.9 Å². The topological polar surface area (TPSA) is 38.5 Å². The first-order valence-corrected chi connectivity index (χ1v) is 7.19. The van der Waals surface area contributed by atoms with Gasteiger partial charge in [0, 0.05) is 19.1 Å². The minimum atomic E-state index is 0.0941. The van der Waals surface area contributed by atoms with Gasteiger partial charge in [-0.05, 0) is 44.4 Å². The fourth-order valence-corrected chi connectivity index (χ4v) is 3.00. The van der Waals surface area contributed by atoms with Gasteiger partial charge in [0.05, 0.1) is 18.8 Å². The van der Waals surface area contributed by atoms with Gasteiger partial charge in [-0.2, -0.15) is 0 Å². The molecule has 3 heteroatoms. The van der Waals surface area contributed by atoms with Gasteiger partial charge in [0.2, 0.25) is 0 Å². The summed E-state index contributed by atoms with van der Waals surface area (Å²) in [4.78, 5) is 2.52. The van der Waals surface area contributed by atoms with Crippen molar-refractivity contribution in [2.75, 3.05) is 19.7 Å². The molecule has 0 spiro atoms. The second-order valence-electron chi connectivity index (χ2n) is 5.71. The van der Waals surface area contributed by atoms with Gasteiger partial charge in [-0.1, -0.05) is 18.2 Å². The van der Waals surface area contributed by atoms with E-state index in [4.69, 9.17) is 10.5 Å². The number of hydrogen-bond acceptors (Lipinski definition) is 3. The van der Waals surface area contributed by atoms with Crippen molar-refractivity contribution >= 4 is 0 Å². The maximum atomic E-state index is 5.93. The van der Waals surface area contributed by atoms with Crippen LogP contribution in [0.15, 0.2) is 18.2 Å². The van der Waals surface area contributed by atoms with E-state index in [1.807, 2.05) is 0 Å². The Morgan fingerprint density at radius 2 is 2.11 bits per heavy atom. The first kappa shape index (κ1) is 14.5. The lowest BCUT2D eigenvalue weighted by molar-refractivity contribution is -0.0791. The molecule has 1 aromatic carbocycles. The molecule has 2 rings (SSSR count). The molecule has 19 heavy (non-hydrogen) atoms. The third-order valence-corrected chi connectivity index (χ3v) is 4.25. The SMILES string of the molecule is Cc1cccc(C2C(CN)OCCN2C(C)C)c1C. The zero-order chi connectivity index (χ0) is 14.0. The van der Waals surface area contributed by atoms with Gasteiger partial charge < -0.3 is 10.5 Å². The molecule has 1 aliphatic rings. The molecule has 106 valence electrons. The van der Waals surface area contributed by atoms with Gasteiger partial charge in [0.15, 0.2) is 0 Å². The average Bonchev–Trinajstić information content (AvgIpc) is 2.41. The Morgan fingerprint density at radius 3 is 2.74 bits per heavy atom. The van der Waals surface area contributed by atoms with Crippen LogP contribution in [0.3, 0.4) is 0 Å². The first-order chi connectivity index (χ1) is 9.06. The first-order valence-electron chi connectivity index (χ1n) is 7.19. The predicted molar refractivity (Wildman–Crippen MR) is 79.3 cm³/mol. The highest BCUT2D eigenvalue weighted by Crippen LogP contribution is 2.33. The van der Waals surface area contributed by atoms with E-state index in [2.05, 4.69) is 50.8 Å².